The average molecular weight is 466 g/mol. The average Bonchev–Trinajstić information content (AvgIpc) is 3.40. The summed E-state index contributed by atoms with van der Waals surface area (Å²) in [5.74, 6) is 0.693. The number of fused-ring (bicyclic) bond motifs is 1. The second-order valence-corrected chi connectivity index (χ2v) is 8.82. The summed E-state index contributed by atoms with van der Waals surface area (Å²) in [5, 5.41) is 9.62. The van der Waals surface area contributed by atoms with Crippen LogP contribution in [0.1, 0.15) is 32.8 Å². The third-order valence-electron chi connectivity index (χ3n) is 5.51. The highest BCUT2D eigenvalue weighted by atomic mass is 32.1. The molecule has 0 saturated carbocycles. The number of hydrogen-bond acceptors (Lipinski definition) is 6. The zero-order valence-electron chi connectivity index (χ0n) is 18.7. The lowest BCUT2D eigenvalue weighted by Crippen LogP contribution is -2.28. The number of carbonyl (C=O) groups excluding carboxylic acids is 2. The molecule has 1 aliphatic carbocycles. The summed E-state index contributed by atoms with van der Waals surface area (Å²) in [6.07, 6.45) is 2.76. The van der Waals surface area contributed by atoms with Gasteiger partial charge in [0.25, 0.3) is 5.91 Å². The van der Waals surface area contributed by atoms with Gasteiger partial charge in [-0.1, -0.05) is 30.3 Å². The van der Waals surface area contributed by atoms with Gasteiger partial charge in [-0.25, -0.2) is 0 Å². The van der Waals surface area contributed by atoms with Crippen molar-refractivity contribution in [2.45, 2.75) is 25.8 Å². The maximum Gasteiger partial charge on any atom is 0.259 e. The Morgan fingerprint density at radius 1 is 1.00 bits per heavy atom. The van der Waals surface area contributed by atoms with E-state index in [-0.39, 0.29) is 18.4 Å². The molecular weight excluding hydrogens is 438 g/mol. The molecule has 1 heterocycles. The van der Waals surface area contributed by atoms with Gasteiger partial charge in [-0.3, -0.25) is 9.59 Å². The number of hydrogen-bond donors (Lipinski definition) is 3. The van der Waals surface area contributed by atoms with Gasteiger partial charge >= 0.3 is 0 Å². The Morgan fingerprint density at radius 3 is 2.58 bits per heavy atom. The van der Waals surface area contributed by atoms with Gasteiger partial charge in [0.1, 0.15) is 16.5 Å². The second kappa shape index (κ2) is 10.5. The Labute approximate surface area is 197 Å². The fourth-order valence-electron chi connectivity index (χ4n) is 3.92. The fraction of sp³-hybridized carbons (Fsp3) is 0.280. The molecule has 0 aliphatic heterocycles. The van der Waals surface area contributed by atoms with Gasteiger partial charge in [0, 0.05) is 17.5 Å². The third kappa shape index (κ3) is 5.35. The smallest absolute Gasteiger partial charge is 0.259 e. The molecule has 0 atom stereocenters. The Morgan fingerprint density at radius 2 is 1.82 bits per heavy atom. The van der Waals surface area contributed by atoms with Crippen LogP contribution in [0.25, 0.3) is 0 Å². The zero-order valence-corrected chi connectivity index (χ0v) is 19.5. The van der Waals surface area contributed by atoms with E-state index in [4.69, 9.17) is 9.47 Å². The predicted molar refractivity (Wildman–Crippen MR) is 131 cm³/mol. The maximum atomic E-state index is 13.3. The lowest BCUT2D eigenvalue weighted by Gasteiger charge is -2.13. The Balaban J connectivity index is 1.48. The highest BCUT2D eigenvalue weighted by Gasteiger charge is 2.28. The number of aryl methyl sites for hydroxylation is 1. The number of benzene rings is 2. The van der Waals surface area contributed by atoms with Gasteiger partial charge < -0.3 is 25.4 Å². The number of anilines is 2. The SMILES string of the molecule is COc1ccc(OC)c(NC(=O)c2c(NC(=O)CNCc3ccccc3)sc3c2CCC3)c1. The Kier molecular flexibility index (Phi) is 7.26. The minimum atomic E-state index is -0.270. The van der Waals surface area contributed by atoms with Crippen molar-refractivity contribution in [2.24, 2.45) is 0 Å². The summed E-state index contributed by atoms with van der Waals surface area (Å²) in [6.45, 7) is 0.750. The van der Waals surface area contributed by atoms with Crippen LogP contribution in [0.4, 0.5) is 10.7 Å². The number of nitrogens with one attached hydrogen (secondary N) is 3. The maximum absolute atomic E-state index is 13.3. The van der Waals surface area contributed by atoms with E-state index in [2.05, 4.69) is 16.0 Å². The highest BCUT2D eigenvalue weighted by molar-refractivity contribution is 7.17. The van der Waals surface area contributed by atoms with E-state index in [0.29, 0.717) is 34.3 Å². The van der Waals surface area contributed by atoms with Crippen LogP contribution in [0, 0.1) is 0 Å². The third-order valence-corrected chi connectivity index (χ3v) is 6.72. The van der Waals surface area contributed by atoms with Crippen molar-refractivity contribution in [3.8, 4) is 11.5 Å². The van der Waals surface area contributed by atoms with Crippen molar-refractivity contribution in [1.82, 2.24) is 5.32 Å². The Bertz CT molecular complexity index is 1140. The molecule has 0 fully saturated rings. The van der Waals surface area contributed by atoms with Gasteiger partial charge in [-0.2, -0.15) is 0 Å². The van der Waals surface area contributed by atoms with Crippen LogP contribution in [-0.2, 0) is 24.2 Å². The summed E-state index contributed by atoms with van der Waals surface area (Å²) in [7, 11) is 3.12. The van der Waals surface area contributed by atoms with Gasteiger partial charge in [0.05, 0.1) is 32.0 Å². The molecule has 0 spiro atoms. The van der Waals surface area contributed by atoms with Crippen molar-refractivity contribution in [1.29, 1.82) is 0 Å². The first-order chi connectivity index (χ1) is 16.1. The van der Waals surface area contributed by atoms with Crippen molar-refractivity contribution < 1.29 is 19.1 Å². The van der Waals surface area contributed by atoms with Crippen LogP contribution in [0.2, 0.25) is 0 Å². The summed E-state index contributed by atoms with van der Waals surface area (Å²) in [5.41, 5.74) is 3.18. The van der Waals surface area contributed by atoms with E-state index < -0.39 is 0 Å². The molecule has 0 radical (unpaired) electrons. The van der Waals surface area contributed by atoms with Crippen LogP contribution in [-0.4, -0.2) is 32.6 Å². The molecule has 0 unspecified atom stereocenters. The molecule has 1 aromatic heterocycles. The first kappa shape index (κ1) is 22.8. The number of thiophene rings is 1. The van der Waals surface area contributed by atoms with Crippen LogP contribution in [0.5, 0.6) is 11.5 Å². The molecule has 1 aliphatic rings. The lowest BCUT2D eigenvalue weighted by molar-refractivity contribution is -0.115. The van der Waals surface area contributed by atoms with Crippen LogP contribution < -0.4 is 25.4 Å². The van der Waals surface area contributed by atoms with E-state index in [9.17, 15) is 9.59 Å². The molecule has 0 bridgehead atoms. The minimum absolute atomic E-state index is 0.155. The minimum Gasteiger partial charge on any atom is -0.497 e. The summed E-state index contributed by atoms with van der Waals surface area (Å²) in [4.78, 5) is 27.1. The van der Waals surface area contributed by atoms with E-state index in [1.165, 1.54) is 11.3 Å². The fourth-order valence-corrected chi connectivity index (χ4v) is 5.22. The number of amides is 2. The number of ether oxygens (including phenoxy) is 2. The first-order valence-electron chi connectivity index (χ1n) is 10.8. The molecule has 7 nitrogen and oxygen atoms in total. The van der Waals surface area contributed by atoms with E-state index in [1.807, 2.05) is 30.3 Å². The van der Waals surface area contributed by atoms with Crippen LogP contribution in [0.3, 0.4) is 0 Å². The van der Waals surface area contributed by atoms with Crippen molar-refractivity contribution in [3.63, 3.8) is 0 Å². The molecule has 2 aromatic carbocycles. The second-order valence-electron chi connectivity index (χ2n) is 7.72. The van der Waals surface area contributed by atoms with Gasteiger partial charge in [0.2, 0.25) is 5.91 Å². The molecule has 2 amide bonds. The zero-order chi connectivity index (χ0) is 23.2. The molecule has 172 valence electrons. The molecule has 3 aromatic rings. The van der Waals surface area contributed by atoms with E-state index in [1.54, 1.807) is 32.4 Å². The lowest BCUT2D eigenvalue weighted by atomic mass is 10.1. The van der Waals surface area contributed by atoms with Crippen molar-refractivity contribution in [2.75, 3.05) is 31.4 Å². The number of methoxy groups -OCH3 is 2. The van der Waals surface area contributed by atoms with Crippen LogP contribution in [0.15, 0.2) is 48.5 Å². The first-order valence-corrected chi connectivity index (χ1v) is 11.6. The highest BCUT2D eigenvalue weighted by Crippen LogP contribution is 2.40. The van der Waals surface area contributed by atoms with Gasteiger partial charge in [0.15, 0.2) is 0 Å². The normalized spacial score (nSPS) is 12.2. The Hall–Kier alpha value is -3.36. The summed E-state index contributed by atoms with van der Waals surface area (Å²) in [6, 6.07) is 15.1. The molecule has 4 rings (SSSR count). The summed E-state index contributed by atoms with van der Waals surface area (Å²) >= 11 is 1.49. The van der Waals surface area contributed by atoms with Gasteiger partial charge in [-0.05, 0) is 42.5 Å². The largest absolute Gasteiger partial charge is 0.497 e. The van der Waals surface area contributed by atoms with E-state index >= 15 is 0 Å². The predicted octanol–water partition coefficient (Wildman–Crippen LogP) is 4.23. The summed E-state index contributed by atoms with van der Waals surface area (Å²) < 4.78 is 10.7. The molecular formula is C25H27N3O4S. The topological polar surface area (TPSA) is 88.7 Å². The molecule has 0 saturated heterocycles. The molecule has 8 heteroatoms. The monoisotopic (exact) mass is 465 g/mol. The number of carbonyl (C=O) groups is 2. The number of rotatable bonds is 9. The van der Waals surface area contributed by atoms with Crippen molar-refractivity contribution >= 4 is 33.8 Å². The van der Waals surface area contributed by atoms with Crippen molar-refractivity contribution in [3.05, 3.63) is 70.1 Å². The molecule has 33 heavy (non-hydrogen) atoms. The van der Waals surface area contributed by atoms with Crippen LogP contribution >= 0.6 is 11.3 Å². The molecule has 3 N–H and O–H groups in total. The van der Waals surface area contributed by atoms with E-state index in [0.717, 1.165) is 35.3 Å². The standard InChI is InChI=1S/C25H27N3O4S/c1-31-17-11-12-20(32-2)19(13-17)27-24(30)23-18-9-6-10-21(18)33-25(23)28-22(29)15-26-14-16-7-4-3-5-8-16/h3-5,7-8,11-13,26H,6,9-10,14-15H2,1-2H3,(H,27,30)(H,28,29). The van der Waals surface area contributed by atoms with Gasteiger partial charge in [-0.15, -0.1) is 11.3 Å². The quantitative estimate of drug-likeness (QED) is 0.440.